The van der Waals surface area contributed by atoms with Gasteiger partial charge >= 0.3 is 0 Å². The summed E-state index contributed by atoms with van der Waals surface area (Å²) in [5.74, 6) is -2.51. The molecule has 0 atom stereocenters. The van der Waals surface area contributed by atoms with Gasteiger partial charge in [-0.15, -0.1) is 0 Å². The molecule has 102 valence electrons. The fourth-order valence-corrected chi connectivity index (χ4v) is 2.77. The van der Waals surface area contributed by atoms with Crippen molar-refractivity contribution in [3.05, 3.63) is 36.8 Å². The number of hydrogen-bond donors (Lipinski definition) is 2. The summed E-state index contributed by atoms with van der Waals surface area (Å²) >= 11 is 0.396. The molecular formula is C10H9F2N3O2S2. The van der Waals surface area contributed by atoms with Crippen molar-refractivity contribution in [1.82, 2.24) is 9.97 Å². The largest absolute Gasteiger partial charge is 0.334 e. The number of sulfonamides is 1. The third-order valence-electron chi connectivity index (χ3n) is 2.09. The molecule has 0 saturated heterocycles. The first-order chi connectivity index (χ1) is 8.97. The van der Waals surface area contributed by atoms with Gasteiger partial charge in [0.1, 0.15) is 0 Å². The number of thioether (sulfide) groups is 1. The monoisotopic (exact) mass is 305 g/mol. The van der Waals surface area contributed by atoms with E-state index in [0.29, 0.717) is 16.7 Å². The standard InChI is InChI=1S/C10H9F2N3O2S2/c11-10(12)18-8-3-1-7(2-4-8)15-19(16,17)9-5-13-6-14-9/h1-6,10,15H,(H,13,14). The van der Waals surface area contributed by atoms with Gasteiger partial charge in [0, 0.05) is 10.6 Å². The van der Waals surface area contributed by atoms with Crippen LogP contribution in [0.1, 0.15) is 0 Å². The van der Waals surface area contributed by atoms with Crippen molar-refractivity contribution in [2.45, 2.75) is 15.7 Å². The van der Waals surface area contributed by atoms with Gasteiger partial charge < -0.3 is 4.98 Å². The molecule has 0 aliphatic carbocycles. The number of imidazole rings is 1. The van der Waals surface area contributed by atoms with Gasteiger partial charge in [0.2, 0.25) is 0 Å². The van der Waals surface area contributed by atoms with Crippen LogP contribution in [0.15, 0.2) is 46.7 Å². The highest BCUT2D eigenvalue weighted by atomic mass is 32.2. The lowest BCUT2D eigenvalue weighted by Gasteiger charge is -2.07. The Morgan fingerprint density at radius 2 is 1.95 bits per heavy atom. The minimum Gasteiger partial charge on any atom is -0.334 e. The molecule has 1 aromatic carbocycles. The molecule has 0 aliphatic heterocycles. The molecule has 19 heavy (non-hydrogen) atoms. The molecule has 0 saturated carbocycles. The van der Waals surface area contributed by atoms with Crippen LogP contribution in [0, 0.1) is 0 Å². The second-order valence-corrected chi connectivity index (χ2v) is 6.14. The molecule has 2 rings (SSSR count). The molecule has 0 radical (unpaired) electrons. The zero-order chi connectivity index (χ0) is 13.9. The molecule has 2 N–H and O–H groups in total. The van der Waals surface area contributed by atoms with Gasteiger partial charge in [-0.1, -0.05) is 11.8 Å². The molecule has 9 heteroatoms. The number of alkyl halides is 2. The number of hydrogen-bond acceptors (Lipinski definition) is 4. The maximum absolute atomic E-state index is 12.1. The zero-order valence-corrected chi connectivity index (χ0v) is 11.0. The van der Waals surface area contributed by atoms with E-state index in [-0.39, 0.29) is 10.7 Å². The predicted octanol–water partition coefficient (Wildman–Crippen LogP) is 2.53. The van der Waals surface area contributed by atoms with Crippen LogP contribution in [0.5, 0.6) is 0 Å². The second-order valence-electron chi connectivity index (χ2n) is 3.42. The van der Waals surface area contributed by atoms with Crippen molar-refractivity contribution >= 4 is 27.5 Å². The number of anilines is 1. The summed E-state index contributed by atoms with van der Waals surface area (Å²) in [4.78, 5) is 6.45. The van der Waals surface area contributed by atoms with E-state index < -0.39 is 15.8 Å². The molecule has 0 bridgehead atoms. The minimum absolute atomic E-state index is 0.0708. The van der Waals surface area contributed by atoms with E-state index in [9.17, 15) is 17.2 Å². The molecule has 1 aromatic heterocycles. The number of benzene rings is 1. The maximum Gasteiger partial charge on any atom is 0.288 e. The fourth-order valence-electron chi connectivity index (χ4n) is 1.30. The highest BCUT2D eigenvalue weighted by Gasteiger charge is 2.15. The Bertz CT molecular complexity index is 627. The van der Waals surface area contributed by atoms with Gasteiger partial charge in [-0.2, -0.15) is 17.2 Å². The number of aromatic nitrogens is 2. The maximum atomic E-state index is 12.1. The average Bonchev–Trinajstić information content (AvgIpc) is 2.85. The van der Waals surface area contributed by atoms with Gasteiger partial charge in [0.25, 0.3) is 15.8 Å². The van der Waals surface area contributed by atoms with Crippen molar-refractivity contribution < 1.29 is 17.2 Å². The van der Waals surface area contributed by atoms with Crippen LogP contribution < -0.4 is 4.72 Å². The lowest BCUT2D eigenvalue weighted by atomic mass is 10.3. The Labute approximate surface area is 112 Å². The first kappa shape index (κ1) is 13.8. The highest BCUT2D eigenvalue weighted by Crippen LogP contribution is 2.26. The van der Waals surface area contributed by atoms with Crippen LogP contribution in [0.2, 0.25) is 0 Å². The molecule has 0 amide bonds. The second kappa shape index (κ2) is 5.57. The van der Waals surface area contributed by atoms with E-state index in [1.54, 1.807) is 0 Å². The van der Waals surface area contributed by atoms with Crippen LogP contribution in [0.4, 0.5) is 14.5 Å². The van der Waals surface area contributed by atoms with Gasteiger partial charge in [-0.25, -0.2) is 4.98 Å². The van der Waals surface area contributed by atoms with E-state index in [1.165, 1.54) is 36.8 Å². The Balaban J connectivity index is 2.12. The Morgan fingerprint density at radius 1 is 1.26 bits per heavy atom. The number of rotatable bonds is 5. The van der Waals surface area contributed by atoms with E-state index >= 15 is 0 Å². The van der Waals surface area contributed by atoms with Gasteiger partial charge in [-0.3, -0.25) is 4.72 Å². The quantitative estimate of drug-likeness (QED) is 0.832. The van der Waals surface area contributed by atoms with Gasteiger partial charge in [-0.05, 0) is 24.3 Å². The third-order valence-corrected chi connectivity index (χ3v) is 4.12. The molecule has 2 aromatic rings. The normalized spacial score (nSPS) is 11.7. The van der Waals surface area contributed by atoms with Crippen LogP contribution >= 0.6 is 11.8 Å². The van der Waals surface area contributed by atoms with E-state index in [1.807, 2.05) is 0 Å². The summed E-state index contributed by atoms with van der Waals surface area (Å²) in [6.45, 7) is 0. The molecule has 1 heterocycles. The fraction of sp³-hybridized carbons (Fsp3) is 0.100. The van der Waals surface area contributed by atoms with Crippen molar-refractivity contribution in [1.29, 1.82) is 0 Å². The van der Waals surface area contributed by atoms with Crippen LogP contribution in [0.25, 0.3) is 0 Å². The van der Waals surface area contributed by atoms with E-state index in [4.69, 9.17) is 0 Å². The zero-order valence-electron chi connectivity index (χ0n) is 9.38. The number of H-pyrrole nitrogens is 1. The Morgan fingerprint density at radius 3 is 2.47 bits per heavy atom. The molecular weight excluding hydrogens is 296 g/mol. The first-order valence-electron chi connectivity index (χ1n) is 5.03. The highest BCUT2D eigenvalue weighted by molar-refractivity contribution is 7.99. The third kappa shape index (κ3) is 3.67. The van der Waals surface area contributed by atoms with Crippen LogP contribution in [-0.4, -0.2) is 24.1 Å². The molecule has 0 unspecified atom stereocenters. The smallest absolute Gasteiger partial charge is 0.288 e. The van der Waals surface area contributed by atoms with Gasteiger partial charge in [0.05, 0.1) is 12.5 Å². The number of aromatic amines is 1. The van der Waals surface area contributed by atoms with Gasteiger partial charge in [0.15, 0.2) is 5.03 Å². The lowest BCUT2D eigenvalue weighted by Crippen LogP contribution is -2.13. The average molecular weight is 305 g/mol. The Kier molecular flexibility index (Phi) is 4.05. The number of halogens is 2. The summed E-state index contributed by atoms with van der Waals surface area (Å²) in [5, 5.41) is -0.0708. The topological polar surface area (TPSA) is 74.8 Å². The SMILES string of the molecule is O=S(=O)(Nc1ccc(SC(F)F)cc1)c1cnc[nH]1. The lowest BCUT2D eigenvalue weighted by molar-refractivity contribution is 0.252. The van der Waals surface area contributed by atoms with Crippen molar-refractivity contribution in [3.63, 3.8) is 0 Å². The summed E-state index contributed by atoms with van der Waals surface area (Å²) in [6, 6.07) is 5.67. The minimum atomic E-state index is -3.73. The molecule has 5 nitrogen and oxygen atoms in total. The molecule has 0 spiro atoms. The summed E-state index contributed by atoms with van der Waals surface area (Å²) in [5.41, 5.74) is 0.285. The molecule has 0 aliphatic rings. The van der Waals surface area contributed by atoms with Crippen LogP contribution in [0.3, 0.4) is 0 Å². The van der Waals surface area contributed by atoms with Crippen LogP contribution in [-0.2, 0) is 10.0 Å². The van der Waals surface area contributed by atoms with E-state index in [2.05, 4.69) is 14.7 Å². The predicted molar refractivity (Wildman–Crippen MR) is 67.7 cm³/mol. The van der Waals surface area contributed by atoms with Crippen molar-refractivity contribution in [2.75, 3.05) is 4.72 Å². The molecule has 0 fully saturated rings. The number of nitrogens with one attached hydrogen (secondary N) is 2. The number of nitrogens with zero attached hydrogens (tertiary/aromatic N) is 1. The van der Waals surface area contributed by atoms with E-state index in [0.717, 1.165) is 0 Å². The van der Waals surface area contributed by atoms with Crippen molar-refractivity contribution in [2.24, 2.45) is 0 Å². The summed E-state index contributed by atoms with van der Waals surface area (Å²) < 4.78 is 50.2. The van der Waals surface area contributed by atoms with Crippen molar-refractivity contribution in [3.8, 4) is 0 Å². The summed E-state index contributed by atoms with van der Waals surface area (Å²) in [6.07, 6.45) is 2.42. The summed E-state index contributed by atoms with van der Waals surface area (Å²) in [7, 11) is -3.73. The Hall–Kier alpha value is -1.61. The first-order valence-corrected chi connectivity index (χ1v) is 7.40.